The molecular formula is C19H30BrN. The monoisotopic (exact) mass is 351 g/mol. The van der Waals surface area contributed by atoms with Crippen molar-refractivity contribution in [2.45, 2.75) is 65.3 Å². The van der Waals surface area contributed by atoms with E-state index in [4.69, 9.17) is 0 Å². The summed E-state index contributed by atoms with van der Waals surface area (Å²) in [5.74, 6) is 1.74. The summed E-state index contributed by atoms with van der Waals surface area (Å²) in [6.07, 6.45) is 8.17. The summed E-state index contributed by atoms with van der Waals surface area (Å²) in [6.45, 7) is 7.98. The van der Waals surface area contributed by atoms with E-state index < -0.39 is 0 Å². The molecule has 1 fully saturated rings. The van der Waals surface area contributed by atoms with Gasteiger partial charge < -0.3 is 5.32 Å². The average molecular weight is 352 g/mol. The Morgan fingerprint density at radius 3 is 2.76 bits per heavy atom. The highest BCUT2D eigenvalue weighted by Gasteiger charge is 2.29. The summed E-state index contributed by atoms with van der Waals surface area (Å²) in [5, 5.41) is 3.85. The molecule has 0 heterocycles. The molecule has 1 N–H and O–H groups in total. The lowest BCUT2D eigenvalue weighted by atomic mass is 9.74. The van der Waals surface area contributed by atoms with Crippen LogP contribution < -0.4 is 5.32 Å². The van der Waals surface area contributed by atoms with Crippen LogP contribution in [0.4, 0.5) is 0 Å². The van der Waals surface area contributed by atoms with Crippen molar-refractivity contribution in [2.24, 2.45) is 11.8 Å². The number of aryl methyl sites for hydroxylation is 1. The first kappa shape index (κ1) is 17.0. The van der Waals surface area contributed by atoms with Crippen molar-refractivity contribution in [3.8, 4) is 0 Å². The predicted octanol–water partition coefficient (Wildman–Crippen LogP) is 6.01. The molecule has 0 saturated heterocycles. The van der Waals surface area contributed by atoms with Gasteiger partial charge in [0.25, 0.3) is 0 Å². The molecule has 0 bridgehead atoms. The van der Waals surface area contributed by atoms with Gasteiger partial charge in [-0.25, -0.2) is 0 Å². The lowest BCUT2D eigenvalue weighted by molar-refractivity contribution is 0.209. The van der Waals surface area contributed by atoms with Gasteiger partial charge in [-0.2, -0.15) is 0 Å². The zero-order valence-corrected chi connectivity index (χ0v) is 15.4. The largest absolute Gasteiger partial charge is 0.310 e. The van der Waals surface area contributed by atoms with Crippen molar-refractivity contribution in [3.05, 3.63) is 33.8 Å². The minimum Gasteiger partial charge on any atom is -0.310 e. The summed E-state index contributed by atoms with van der Waals surface area (Å²) < 4.78 is 1.19. The fraction of sp³-hybridized carbons (Fsp3) is 0.684. The van der Waals surface area contributed by atoms with Crippen molar-refractivity contribution >= 4 is 15.9 Å². The molecule has 0 aromatic heterocycles. The third-order valence-electron chi connectivity index (χ3n) is 5.05. The highest BCUT2D eigenvalue weighted by atomic mass is 79.9. The van der Waals surface area contributed by atoms with E-state index in [0.717, 1.165) is 18.4 Å². The lowest BCUT2D eigenvalue weighted by Gasteiger charge is -2.36. The molecule has 0 spiro atoms. The van der Waals surface area contributed by atoms with Gasteiger partial charge in [-0.15, -0.1) is 0 Å². The van der Waals surface area contributed by atoms with Gasteiger partial charge in [0.15, 0.2) is 0 Å². The molecule has 1 saturated carbocycles. The van der Waals surface area contributed by atoms with Gasteiger partial charge in [-0.3, -0.25) is 0 Å². The van der Waals surface area contributed by atoms with Crippen LogP contribution in [0.3, 0.4) is 0 Å². The summed E-state index contributed by atoms with van der Waals surface area (Å²) in [6, 6.07) is 7.31. The molecule has 2 heteroatoms. The van der Waals surface area contributed by atoms with E-state index in [1.807, 2.05) is 0 Å². The molecule has 1 aliphatic carbocycles. The molecular weight excluding hydrogens is 322 g/mol. The van der Waals surface area contributed by atoms with Crippen LogP contribution >= 0.6 is 15.9 Å². The van der Waals surface area contributed by atoms with Gasteiger partial charge in [0.05, 0.1) is 0 Å². The van der Waals surface area contributed by atoms with Crippen molar-refractivity contribution in [1.29, 1.82) is 0 Å². The number of benzene rings is 1. The third kappa shape index (κ3) is 4.56. The van der Waals surface area contributed by atoms with Gasteiger partial charge in [0, 0.05) is 10.5 Å². The smallest absolute Gasteiger partial charge is 0.0351 e. The molecule has 2 rings (SSSR count). The van der Waals surface area contributed by atoms with Crippen molar-refractivity contribution in [3.63, 3.8) is 0 Å². The van der Waals surface area contributed by atoms with E-state index in [-0.39, 0.29) is 0 Å². The Morgan fingerprint density at radius 2 is 2.10 bits per heavy atom. The van der Waals surface area contributed by atoms with Gasteiger partial charge in [0.1, 0.15) is 0 Å². The van der Waals surface area contributed by atoms with E-state index in [1.165, 1.54) is 54.1 Å². The molecule has 118 valence electrons. The quantitative estimate of drug-likeness (QED) is 0.661. The average Bonchev–Trinajstić information content (AvgIpc) is 2.49. The van der Waals surface area contributed by atoms with Crippen LogP contribution in [-0.2, 0) is 0 Å². The summed E-state index contributed by atoms with van der Waals surface area (Å²) in [5.41, 5.74) is 2.92. The Kier molecular flexibility index (Phi) is 6.75. The van der Waals surface area contributed by atoms with Gasteiger partial charge in [0.2, 0.25) is 0 Å². The van der Waals surface area contributed by atoms with Crippen LogP contribution in [-0.4, -0.2) is 6.54 Å². The second-order valence-corrected chi connectivity index (χ2v) is 7.55. The predicted molar refractivity (Wildman–Crippen MR) is 95.7 cm³/mol. The minimum absolute atomic E-state index is 0.535. The molecule has 0 radical (unpaired) electrons. The van der Waals surface area contributed by atoms with E-state index in [0.29, 0.717) is 6.04 Å². The number of rotatable bonds is 6. The zero-order chi connectivity index (χ0) is 15.2. The lowest BCUT2D eigenvalue weighted by Crippen LogP contribution is -2.32. The zero-order valence-electron chi connectivity index (χ0n) is 13.8. The summed E-state index contributed by atoms with van der Waals surface area (Å²) in [7, 11) is 0. The molecule has 0 aliphatic heterocycles. The molecule has 3 unspecified atom stereocenters. The molecule has 0 amide bonds. The molecule has 1 aromatic rings. The summed E-state index contributed by atoms with van der Waals surface area (Å²) in [4.78, 5) is 0. The molecule has 1 aliphatic rings. The topological polar surface area (TPSA) is 12.0 Å². The van der Waals surface area contributed by atoms with Crippen molar-refractivity contribution in [2.75, 3.05) is 6.54 Å². The summed E-state index contributed by atoms with van der Waals surface area (Å²) >= 11 is 3.59. The maximum Gasteiger partial charge on any atom is 0.0351 e. The Balaban J connectivity index is 2.20. The van der Waals surface area contributed by atoms with Crippen molar-refractivity contribution < 1.29 is 0 Å². The first-order valence-electron chi connectivity index (χ1n) is 8.65. The Morgan fingerprint density at radius 1 is 1.29 bits per heavy atom. The Labute approximate surface area is 139 Å². The van der Waals surface area contributed by atoms with Crippen LogP contribution in [0.1, 0.15) is 69.5 Å². The van der Waals surface area contributed by atoms with E-state index in [9.17, 15) is 0 Å². The standard InChI is InChI=1S/C19H30BrN/c1-4-11-21-19(16-8-6-7-15(5-2)13-16)18-10-9-17(20)12-14(18)3/h9-10,12,15-16,19,21H,4-8,11,13H2,1-3H3. The molecule has 3 atom stereocenters. The number of halogens is 1. The molecule has 1 aromatic carbocycles. The highest BCUT2D eigenvalue weighted by Crippen LogP contribution is 2.39. The minimum atomic E-state index is 0.535. The van der Waals surface area contributed by atoms with Crippen LogP contribution in [0.5, 0.6) is 0 Å². The van der Waals surface area contributed by atoms with E-state index in [1.54, 1.807) is 0 Å². The van der Waals surface area contributed by atoms with Gasteiger partial charge in [-0.1, -0.05) is 55.1 Å². The molecule has 21 heavy (non-hydrogen) atoms. The molecule has 1 nitrogen and oxygen atoms in total. The van der Waals surface area contributed by atoms with Crippen molar-refractivity contribution in [1.82, 2.24) is 5.32 Å². The normalized spacial score (nSPS) is 24.0. The highest BCUT2D eigenvalue weighted by molar-refractivity contribution is 9.10. The maximum absolute atomic E-state index is 3.85. The first-order valence-corrected chi connectivity index (χ1v) is 9.44. The van der Waals surface area contributed by atoms with Gasteiger partial charge >= 0.3 is 0 Å². The number of hydrogen-bond acceptors (Lipinski definition) is 1. The number of hydrogen-bond donors (Lipinski definition) is 1. The van der Waals surface area contributed by atoms with Crippen LogP contribution in [0.15, 0.2) is 22.7 Å². The van der Waals surface area contributed by atoms with Crippen LogP contribution in [0.2, 0.25) is 0 Å². The SMILES string of the molecule is CCCNC(c1ccc(Br)cc1C)C1CCCC(CC)C1. The second-order valence-electron chi connectivity index (χ2n) is 6.63. The first-order chi connectivity index (χ1) is 10.2. The third-order valence-corrected chi connectivity index (χ3v) is 5.55. The van der Waals surface area contributed by atoms with Crippen LogP contribution in [0, 0.1) is 18.8 Å². The second kappa shape index (κ2) is 8.33. The Hall–Kier alpha value is -0.340. The maximum atomic E-state index is 3.85. The van der Waals surface area contributed by atoms with E-state index in [2.05, 4.69) is 60.2 Å². The Bertz CT molecular complexity index is 443. The van der Waals surface area contributed by atoms with Crippen LogP contribution in [0.25, 0.3) is 0 Å². The fourth-order valence-electron chi connectivity index (χ4n) is 3.82. The number of nitrogens with one attached hydrogen (secondary N) is 1. The fourth-order valence-corrected chi connectivity index (χ4v) is 4.30. The van der Waals surface area contributed by atoms with E-state index >= 15 is 0 Å². The van der Waals surface area contributed by atoms with Gasteiger partial charge in [-0.05, 0) is 67.8 Å².